The molecule has 1 saturated heterocycles. The van der Waals surface area contributed by atoms with Crippen molar-refractivity contribution in [2.75, 3.05) is 4.90 Å². The number of halogens is 2. The van der Waals surface area contributed by atoms with Crippen LogP contribution >= 0.6 is 11.3 Å². The number of carbonyl (C=O) groups excluding carboxylic acids is 2. The van der Waals surface area contributed by atoms with Gasteiger partial charge in [0.25, 0.3) is 5.78 Å². The molecular formula is C30H18F2N2O4S. The number of anilines is 1. The van der Waals surface area contributed by atoms with Crippen LogP contribution < -0.4 is 9.64 Å². The third-order valence-corrected chi connectivity index (χ3v) is 7.28. The molecular weight excluding hydrogens is 522 g/mol. The van der Waals surface area contributed by atoms with E-state index >= 15 is 0 Å². The van der Waals surface area contributed by atoms with Crippen LogP contribution in [0.5, 0.6) is 11.5 Å². The molecule has 1 N–H and O–H groups in total. The first-order chi connectivity index (χ1) is 18.9. The van der Waals surface area contributed by atoms with Crippen molar-refractivity contribution in [2.24, 2.45) is 0 Å². The highest BCUT2D eigenvalue weighted by Gasteiger charge is 2.48. The van der Waals surface area contributed by atoms with Crippen LogP contribution in [0.1, 0.15) is 17.2 Å². The summed E-state index contributed by atoms with van der Waals surface area (Å²) in [6.45, 7) is 0. The number of amides is 1. The zero-order chi connectivity index (χ0) is 27.1. The third-order valence-electron chi connectivity index (χ3n) is 6.26. The topological polar surface area (TPSA) is 79.7 Å². The number of rotatable bonds is 5. The first-order valence-electron chi connectivity index (χ1n) is 11.8. The first-order valence-corrected chi connectivity index (χ1v) is 12.7. The second kappa shape index (κ2) is 9.77. The van der Waals surface area contributed by atoms with Gasteiger partial charge in [0.05, 0.1) is 21.8 Å². The van der Waals surface area contributed by atoms with E-state index in [-0.39, 0.29) is 16.3 Å². The van der Waals surface area contributed by atoms with Gasteiger partial charge >= 0.3 is 5.91 Å². The Bertz CT molecular complexity index is 1770. The number of benzene rings is 4. The predicted molar refractivity (Wildman–Crippen MR) is 144 cm³/mol. The lowest BCUT2D eigenvalue weighted by Crippen LogP contribution is -2.29. The fourth-order valence-electron chi connectivity index (χ4n) is 4.47. The quantitative estimate of drug-likeness (QED) is 0.148. The summed E-state index contributed by atoms with van der Waals surface area (Å²) in [5, 5.41) is 11.4. The fraction of sp³-hybridized carbons (Fsp3) is 0.0333. The minimum Gasteiger partial charge on any atom is -0.507 e. The number of aromatic nitrogens is 1. The number of aliphatic hydroxyl groups is 1. The standard InChI is InChI=1S/C30H18F2N2O4S/c31-19-11-9-17(10-12-19)27(35)25-26(18-5-4-8-22(15-18)38-21-6-2-1-3-7-21)34(29(37)28(25)36)30-33-23-14-13-20(32)16-24(23)39-30/h1-16,26,35H/b27-25+. The zero-order valence-corrected chi connectivity index (χ0v) is 20.9. The van der Waals surface area contributed by atoms with Crippen LogP contribution in [0.4, 0.5) is 13.9 Å². The molecule has 4 aromatic carbocycles. The fourth-order valence-corrected chi connectivity index (χ4v) is 5.49. The SMILES string of the molecule is O=C1C(=O)N(c2nc3ccc(F)cc3s2)C(c2cccc(Oc3ccccc3)c2)/C1=C(\O)c1ccc(F)cc1. The number of aliphatic hydroxyl groups excluding tert-OH is 1. The van der Waals surface area contributed by atoms with Gasteiger partial charge in [-0.1, -0.05) is 41.7 Å². The smallest absolute Gasteiger partial charge is 0.301 e. The maximum Gasteiger partial charge on any atom is 0.301 e. The second-order valence-corrected chi connectivity index (χ2v) is 9.78. The summed E-state index contributed by atoms with van der Waals surface area (Å²) < 4.78 is 33.9. The van der Waals surface area contributed by atoms with Crippen molar-refractivity contribution in [2.45, 2.75) is 6.04 Å². The lowest BCUT2D eigenvalue weighted by molar-refractivity contribution is -0.132. The molecule has 0 aliphatic carbocycles. The van der Waals surface area contributed by atoms with Gasteiger partial charge in [-0.25, -0.2) is 13.8 Å². The summed E-state index contributed by atoms with van der Waals surface area (Å²) in [7, 11) is 0. The molecule has 0 saturated carbocycles. The molecule has 0 bridgehead atoms. The number of fused-ring (bicyclic) bond motifs is 1. The molecule has 0 radical (unpaired) electrons. The molecule has 1 atom stereocenters. The average molecular weight is 541 g/mol. The molecule has 1 aromatic heterocycles. The molecule has 39 heavy (non-hydrogen) atoms. The van der Waals surface area contributed by atoms with Crippen LogP contribution in [-0.2, 0) is 9.59 Å². The summed E-state index contributed by atoms with van der Waals surface area (Å²) in [5.74, 6) is -2.24. The Hall–Kier alpha value is -4.89. The molecule has 1 unspecified atom stereocenters. The number of nitrogens with zero attached hydrogens (tertiary/aromatic N) is 2. The van der Waals surface area contributed by atoms with Crippen molar-refractivity contribution < 1.29 is 28.2 Å². The first kappa shape index (κ1) is 24.4. The Morgan fingerprint density at radius 1 is 0.846 bits per heavy atom. The van der Waals surface area contributed by atoms with Crippen LogP contribution in [-0.4, -0.2) is 21.8 Å². The van der Waals surface area contributed by atoms with Gasteiger partial charge in [-0.15, -0.1) is 0 Å². The van der Waals surface area contributed by atoms with E-state index in [0.717, 1.165) is 23.5 Å². The minimum absolute atomic E-state index is 0.162. The number of para-hydroxylation sites is 1. The van der Waals surface area contributed by atoms with Gasteiger partial charge in [0, 0.05) is 5.56 Å². The normalized spacial score (nSPS) is 16.7. The number of hydrogen-bond donors (Lipinski definition) is 1. The number of ketones is 1. The summed E-state index contributed by atoms with van der Waals surface area (Å²) >= 11 is 1.05. The van der Waals surface area contributed by atoms with Gasteiger partial charge in [-0.3, -0.25) is 14.5 Å². The Kier molecular flexibility index (Phi) is 6.12. The highest BCUT2D eigenvalue weighted by atomic mass is 32.1. The van der Waals surface area contributed by atoms with E-state index < -0.39 is 35.1 Å². The number of ether oxygens (including phenoxy) is 1. The van der Waals surface area contributed by atoms with Crippen molar-refractivity contribution in [1.29, 1.82) is 0 Å². The molecule has 192 valence electrons. The van der Waals surface area contributed by atoms with Gasteiger partial charge in [-0.2, -0.15) is 0 Å². The third kappa shape index (κ3) is 4.53. The van der Waals surface area contributed by atoms with Crippen LogP contribution in [0.3, 0.4) is 0 Å². The number of thiazole rings is 1. The van der Waals surface area contributed by atoms with Gasteiger partial charge in [-0.05, 0) is 72.3 Å². The van der Waals surface area contributed by atoms with Crippen molar-refractivity contribution in [3.63, 3.8) is 0 Å². The molecule has 1 amide bonds. The Morgan fingerprint density at radius 2 is 1.56 bits per heavy atom. The number of carbonyl (C=O) groups is 2. The van der Waals surface area contributed by atoms with E-state index in [1.54, 1.807) is 36.4 Å². The molecule has 6 nitrogen and oxygen atoms in total. The number of hydrogen-bond acceptors (Lipinski definition) is 6. The number of Topliss-reactive ketones (excluding diaryl/α,β-unsaturated/α-hetero) is 1. The maximum absolute atomic E-state index is 13.9. The van der Waals surface area contributed by atoms with Crippen LogP contribution in [0.15, 0.2) is 103 Å². The summed E-state index contributed by atoms with van der Waals surface area (Å²) in [6, 6.07) is 23.8. The molecule has 0 spiro atoms. The van der Waals surface area contributed by atoms with E-state index in [4.69, 9.17) is 4.74 Å². The van der Waals surface area contributed by atoms with Crippen molar-refractivity contribution in [3.8, 4) is 11.5 Å². The van der Waals surface area contributed by atoms with Gasteiger partial charge in [0.2, 0.25) is 0 Å². The Labute approximate surface area is 225 Å². The summed E-state index contributed by atoms with van der Waals surface area (Å²) in [4.78, 5) is 32.5. The molecule has 6 rings (SSSR count). The molecule has 1 fully saturated rings. The van der Waals surface area contributed by atoms with Crippen LogP contribution in [0.25, 0.3) is 16.0 Å². The molecule has 1 aliphatic rings. The maximum atomic E-state index is 13.9. The van der Waals surface area contributed by atoms with E-state index in [0.29, 0.717) is 27.3 Å². The van der Waals surface area contributed by atoms with Crippen molar-refractivity contribution in [1.82, 2.24) is 4.98 Å². The Balaban J connectivity index is 1.52. The molecule has 2 heterocycles. The highest BCUT2D eigenvalue weighted by molar-refractivity contribution is 7.22. The average Bonchev–Trinajstić information content (AvgIpc) is 3.47. The largest absolute Gasteiger partial charge is 0.507 e. The predicted octanol–water partition coefficient (Wildman–Crippen LogP) is 6.99. The minimum atomic E-state index is -1.08. The molecule has 9 heteroatoms. The van der Waals surface area contributed by atoms with E-state index in [1.165, 1.54) is 35.2 Å². The van der Waals surface area contributed by atoms with Gasteiger partial charge in [0.15, 0.2) is 5.13 Å². The van der Waals surface area contributed by atoms with E-state index in [9.17, 15) is 23.5 Å². The van der Waals surface area contributed by atoms with Crippen molar-refractivity contribution >= 4 is 44.1 Å². The highest BCUT2D eigenvalue weighted by Crippen LogP contribution is 2.45. The zero-order valence-electron chi connectivity index (χ0n) is 20.0. The summed E-state index contributed by atoms with van der Waals surface area (Å²) in [6.07, 6.45) is 0. The Morgan fingerprint density at radius 3 is 2.33 bits per heavy atom. The van der Waals surface area contributed by atoms with E-state index in [1.807, 2.05) is 18.2 Å². The van der Waals surface area contributed by atoms with Crippen molar-refractivity contribution in [3.05, 3.63) is 125 Å². The second-order valence-electron chi connectivity index (χ2n) is 8.77. The van der Waals surface area contributed by atoms with Gasteiger partial charge in [0.1, 0.15) is 28.9 Å². The van der Waals surface area contributed by atoms with Crippen LogP contribution in [0, 0.1) is 11.6 Å². The lowest BCUT2D eigenvalue weighted by Gasteiger charge is -2.23. The lowest BCUT2D eigenvalue weighted by atomic mass is 9.95. The summed E-state index contributed by atoms with van der Waals surface area (Å²) in [5.41, 5.74) is 0.907. The van der Waals surface area contributed by atoms with Gasteiger partial charge < -0.3 is 9.84 Å². The molecule has 5 aromatic rings. The monoisotopic (exact) mass is 540 g/mol. The molecule has 1 aliphatic heterocycles. The van der Waals surface area contributed by atoms with E-state index in [2.05, 4.69) is 4.98 Å². The van der Waals surface area contributed by atoms with Crippen LogP contribution in [0.2, 0.25) is 0 Å².